The highest BCUT2D eigenvalue weighted by atomic mass is 16.5. The van der Waals surface area contributed by atoms with E-state index in [-0.39, 0.29) is 37.8 Å². The third-order valence-corrected chi connectivity index (χ3v) is 6.50. The van der Waals surface area contributed by atoms with Crippen LogP contribution in [0.2, 0.25) is 0 Å². The fourth-order valence-corrected chi connectivity index (χ4v) is 4.64. The van der Waals surface area contributed by atoms with Gasteiger partial charge in [0.15, 0.2) is 0 Å². The van der Waals surface area contributed by atoms with Gasteiger partial charge in [-0.3, -0.25) is 4.79 Å². The molecular formula is C33H40N2O5. The lowest BCUT2D eigenvalue weighted by atomic mass is 9.84. The largest absolute Gasteiger partial charge is 0.479 e. The van der Waals surface area contributed by atoms with E-state index >= 15 is 0 Å². The van der Waals surface area contributed by atoms with Gasteiger partial charge in [-0.25, -0.2) is 9.59 Å². The molecule has 0 fully saturated rings. The maximum atomic E-state index is 13.7. The summed E-state index contributed by atoms with van der Waals surface area (Å²) in [5.74, 6) is -1.41. The first-order chi connectivity index (χ1) is 19.1. The zero-order chi connectivity index (χ0) is 29.1. The molecule has 3 rings (SSSR count). The quantitative estimate of drug-likeness (QED) is 0.259. The highest BCUT2D eigenvalue weighted by Crippen LogP contribution is 2.24. The zero-order valence-electron chi connectivity index (χ0n) is 23.8. The van der Waals surface area contributed by atoms with Crippen LogP contribution >= 0.6 is 0 Å². The van der Waals surface area contributed by atoms with Crippen molar-refractivity contribution in [3.63, 3.8) is 0 Å². The average molecular weight is 545 g/mol. The van der Waals surface area contributed by atoms with E-state index in [9.17, 15) is 19.5 Å². The van der Waals surface area contributed by atoms with Gasteiger partial charge in [-0.05, 0) is 42.0 Å². The maximum Gasteiger partial charge on any atom is 0.330 e. The third kappa shape index (κ3) is 8.97. The molecule has 0 saturated carbocycles. The molecular weight excluding hydrogens is 504 g/mol. The third-order valence-electron chi connectivity index (χ3n) is 6.50. The maximum absolute atomic E-state index is 13.7. The zero-order valence-corrected chi connectivity index (χ0v) is 23.8. The molecule has 212 valence electrons. The number of nitrogens with zero attached hydrogens (tertiary/aromatic N) is 1. The van der Waals surface area contributed by atoms with Crippen LogP contribution in [0.25, 0.3) is 11.1 Å². The first-order valence-corrected chi connectivity index (χ1v) is 13.8. The highest BCUT2D eigenvalue weighted by Gasteiger charge is 2.41. The van der Waals surface area contributed by atoms with Crippen LogP contribution in [0.15, 0.2) is 84.9 Å². The van der Waals surface area contributed by atoms with E-state index in [0.29, 0.717) is 6.54 Å². The topological polar surface area (TPSA) is 95.9 Å². The molecule has 0 aliphatic heterocycles. The fourth-order valence-electron chi connectivity index (χ4n) is 4.64. The van der Waals surface area contributed by atoms with E-state index in [4.69, 9.17) is 4.74 Å². The Balaban J connectivity index is 1.90. The van der Waals surface area contributed by atoms with Crippen LogP contribution in [0.5, 0.6) is 0 Å². The summed E-state index contributed by atoms with van der Waals surface area (Å²) in [6.07, 6.45) is -0.0417. The van der Waals surface area contributed by atoms with E-state index in [1.54, 1.807) is 13.8 Å². The van der Waals surface area contributed by atoms with Crippen molar-refractivity contribution in [1.82, 2.24) is 10.2 Å². The number of hydrogen-bond acceptors (Lipinski definition) is 4. The summed E-state index contributed by atoms with van der Waals surface area (Å²) in [6, 6.07) is 26.5. The molecule has 3 aromatic rings. The molecule has 0 aliphatic rings. The number of amides is 2. The lowest BCUT2D eigenvalue weighted by molar-refractivity contribution is -0.148. The van der Waals surface area contributed by atoms with E-state index in [1.807, 2.05) is 98.8 Å². The van der Waals surface area contributed by atoms with Crippen molar-refractivity contribution in [3.8, 4) is 11.1 Å². The van der Waals surface area contributed by atoms with Gasteiger partial charge in [0.25, 0.3) is 0 Å². The summed E-state index contributed by atoms with van der Waals surface area (Å²) in [6.45, 7) is 7.97. The predicted molar refractivity (Wildman–Crippen MR) is 157 cm³/mol. The van der Waals surface area contributed by atoms with Crippen molar-refractivity contribution in [2.24, 2.45) is 5.92 Å². The Hall–Kier alpha value is -4.13. The van der Waals surface area contributed by atoms with Gasteiger partial charge in [-0.2, -0.15) is 0 Å². The standard InChI is InChI=1S/C33H40N2O5/c1-24(2)23-35(20-19-30(36)40-25(3)4)32(39)34-33(31(37)38,21-26-11-7-5-8-12-26)22-27-15-17-29(18-16-27)28-13-9-6-10-14-28/h5-18,24-25H,19-23H2,1-4H3,(H,34,39)(H,37,38)/t33-/m0/s1. The summed E-state index contributed by atoms with van der Waals surface area (Å²) < 4.78 is 5.23. The van der Waals surface area contributed by atoms with Gasteiger partial charge in [0.1, 0.15) is 5.54 Å². The Morgan fingerprint density at radius 3 is 1.85 bits per heavy atom. The molecule has 7 nitrogen and oxygen atoms in total. The minimum Gasteiger partial charge on any atom is -0.479 e. The molecule has 40 heavy (non-hydrogen) atoms. The number of carbonyl (C=O) groups excluding carboxylic acids is 2. The van der Waals surface area contributed by atoms with E-state index in [1.165, 1.54) is 4.90 Å². The van der Waals surface area contributed by atoms with Crippen molar-refractivity contribution in [2.75, 3.05) is 13.1 Å². The number of rotatable bonds is 13. The Bertz CT molecular complexity index is 1240. The SMILES string of the molecule is CC(C)CN(CCC(=O)OC(C)C)C(=O)N[C@@](Cc1ccccc1)(Cc1ccc(-c2ccccc2)cc1)C(=O)O. The molecule has 7 heteroatoms. The van der Waals surface area contributed by atoms with Crippen LogP contribution in [0.4, 0.5) is 4.79 Å². The van der Waals surface area contributed by atoms with Crippen molar-refractivity contribution in [1.29, 1.82) is 0 Å². The molecule has 0 unspecified atom stereocenters. The Labute approximate surface area is 237 Å². The first kappa shape index (κ1) is 30.4. The summed E-state index contributed by atoms with van der Waals surface area (Å²) in [5, 5.41) is 13.5. The molecule has 0 spiro atoms. The highest BCUT2D eigenvalue weighted by molar-refractivity contribution is 5.87. The Morgan fingerprint density at radius 2 is 1.32 bits per heavy atom. The van der Waals surface area contributed by atoms with Crippen molar-refractivity contribution in [2.45, 2.75) is 58.6 Å². The van der Waals surface area contributed by atoms with Crippen LogP contribution in [-0.2, 0) is 27.2 Å². The number of carbonyl (C=O) groups is 3. The smallest absolute Gasteiger partial charge is 0.330 e. The molecule has 0 saturated heterocycles. The Morgan fingerprint density at radius 1 is 0.800 bits per heavy atom. The van der Waals surface area contributed by atoms with Crippen LogP contribution in [0, 0.1) is 5.92 Å². The number of urea groups is 1. The van der Waals surface area contributed by atoms with Gasteiger partial charge in [0.05, 0.1) is 12.5 Å². The summed E-state index contributed by atoms with van der Waals surface area (Å²) >= 11 is 0. The number of carboxylic acid groups (broad SMARTS) is 1. The van der Waals surface area contributed by atoms with Crippen LogP contribution in [-0.4, -0.2) is 52.7 Å². The van der Waals surface area contributed by atoms with Gasteiger partial charge >= 0.3 is 18.0 Å². The number of ether oxygens (including phenoxy) is 1. The number of hydrogen-bond donors (Lipinski definition) is 2. The molecule has 2 N–H and O–H groups in total. The van der Waals surface area contributed by atoms with Gasteiger partial charge in [0, 0.05) is 25.9 Å². The lowest BCUT2D eigenvalue weighted by Crippen LogP contribution is -2.61. The number of aliphatic carboxylic acids is 1. The second kappa shape index (κ2) is 14.3. The van der Waals surface area contributed by atoms with Gasteiger partial charge in [0.2, 0.25) is 0 Å². The van der Waals surface area contributed by atoms with E-state index in [0.717, 1.165) is 22.3 Å². The minimum atomic E-state index is -1.61. The van der Waals surface area contributed by atoms with Gasteiger partial charge < -0.3 is 20.1 Å². The number of nitrogens with one attached hydrogen (secondary N) is 1. The van der Waals surface area contributed by atoms with Crippen LogP contribution in [0.1, 0.15) is 45.2 Å². The van der Waals surface area contributed by atoms with Gasteiger partial charge in [-0.15, -0.1) is 0 Å². The average Bonchev–Trinajstić information content (AvgIpc) is 2.91. The van der Waals surface area contributed by atoms with Crippen LogP contribution in [0.3, 0.4) is 0 Å². The number of carboxylic acids is 1. The Kier molecular flexibility index (Phi) is 10.9. The van der Waals surface area contributed by atoms with Crippen LogP contribution < -0.4 is 5.32 Å². The van der Waals surface area contributed by atoms with Gasteiger partial charge in [-0.1, -0.05) is 98.8 Å². The number of benzene rings is 3. The first-order valence-electron chi connectivity index (χ1n) is 13.8. The molecule has 0 aromatic heterocycles. The summed E-state index contributed by atoms with van der Waals surface area (Å²) in [5.41, 5.74) is 2.06. The van der Waals surface area contributed by atoms with Crippen molar-refractivity contribution < 1.29 is 24.2 Å². The van der Waals surface area contributed by atoms with Crippen molar-refractivity contribution >= 4 is 18.0 Å². The van der Waals surface area contributed by atoms with E-state index < -0.39 is 23.5 Å². The number of esters is 1. The molecule has 0 aliphatic carbocycles. The second-order valence-electron chi connectivity index (χ2n) is 10.8. The molecule has 0 radical (unpaired) electrons. The summed E-state index contributed by atoms with van der Waals surface area (Å²) in [7, 11) is 0. The van der Waals surface area contributed by atoms with E-state index in [2.05, 4.69) is 5.32 Å². The molecule has 3 aromatic carbocycles. The normalized spacial score (nSPS) is 12.6. The minimum absolute atomic E-state index is 0.0258. The van der Waals surface area contributed by atoms with Crippen molar-refractivity contribution in [3.05, 3.63) is 96.1 Å². The lowest BCUT2D eigenvalue weighted by Gasteiger charge is -2.34. The molecule has 2 amide bonds. The summed E-state index contributed by atoms with van der Waals surface area (Å²) in [4.78, 5) is 40.3. The molecule has 1 atom stereocenters. The fraction of sp³-hybridized carbons (Fsp3) is 0.364. The monoisotopic (exact) mass is 544 g/mol. The molecule has 0 heterocycles. The second-order valence-corrected chi connectivity index (χ2v) is 10.8. The molecule has 0 bridgehead atoms. The predicted octanol–water partition coefficient (Wildman–Crippen LogP) is 5.97.